The Kier molecular flexibility index (Phi) is 5.41. The lowest BCUT2D eigenvalue weighted by Gasteiger charge is -2.46. The van der Waals surface area contributed by atoms with E-state index in [1.807, 2.05) is 31.2 Å². The number of H-pyrrole nitrogens is 1. The molecule has 2 aromatic rings. The fraction of sp³-hybridized carbons (Fsp3) is 0.417. The predicted octanol–water partition coefficient (Wildman–Crippen LogP) is 4.39. The molecule has 1 saturated carbocycles. The Morgan fingerprint density at radius 3 is 3.03 bits per heavy atom. The van der Waals surface area contributed by atoms with Crippen LogP contribution in [0.4, 0.5) is 0 Å². The zero-order valence-corrected chi connectivity index (χ0v) is 17.2. The van der Waals surface area contributed by atoms with E-state index in [1.54, 1.807) is 13.3 Å². The second kappa shape index (κ2) is 7.99. The number of likely N-dealkylation sites (tertiary alicyclic amines) is 1. The van der Waals surface area contributed by atoms with Gasteiger partial charge in [0, 0.05) is 24.1 Å². The molecule has 1 aromatic heterocycles. The molecule has 1 aliphatic heterocycles. The van der Waals surface area contributed by atoms with Crippen LogP contribution in [0.1, 0.15) is 49.9 Å². The van der Waals surface area contributed by atoms with E-state index < -0.39 is 6.10 Å². The maximum atomic E-state index is 13.4. The van der Waals surface area contributed by atoms with E-state index in [2.05, 4.69) is 27.5 Å². The number of imidazole rings is 1. The number of rotatable bonds is 3. The number of carbonyl (C=O) groups excluding carboxylic acids is 1. The van der Waals surface area contributed by atoms with Gasteiger partial charge < -0.3 is 15.0 Å². The summed E-state index contributed by atoms with van der Waals surface area (Å²) in [5, 5.41) is 9.77. The molecule has 2 N–H and O–H groups in total. The van der Waals surface area contributed by atoms with Gasteiger partial charge in [-0.1, -0.05) is 24.3 Å². The van der Waals surface area contributed by atoms with Crippen LogP contribution in [0.2, 0.25) is 0 Å². The van der Waals surface area contributed by atoms with Crippen LogP contribution in [-0.2, 0) is 0 Å². The number of hydrogen-bond donors (Lipinski definition) is 2. The third-order valence-corrected chi connectivity index (χ3v) is 6.44. The van der Waals surface area contributed by atoms with Crippen LogP contribution in [-0.4, -0.2) is 44.6 Å². The van der Waals surface area contributed by atoms with Gasteiger partial charge in [0.25, 0.3) is 5.91 Å². The second-order valence-electron chi connectivity index (χ2n) is 8.30. The molecule has 0 spiro atoms. The minimum atomic E-state index is -0.457. The van der Waals surface area contributed by atoms with Crippen molar-refractivity contribution in [1.29, 1.82) is 0 Å². The number of amides is 1. The Bertz CT molecular complexity index is 998. The highest BCUT2D eigenvalue weighted by Gasteiger charge is 2.39. The fourth-order valence-electron chi connectivity index (χ4n) is 4.59. The monoisotopic (exact) mass is 391 g/mol. The number of nitrogens with one attached hydrogen (secondary N) is 1. The van der Waals surface area contributed by atoms with Crippen molar-refractivity contribution in [3.05, 3.63) is 65.5 Å². The number of hydrogen-bond acceptors (Lipinski definition) is 3. The third kappa shape index (κ3) is 3.79. The summed E-state index contributed by atoms with van der Waals surface area (Å²) >= 11 is 0. The molecule has 4 rings (SSSR count). The van der Waals surface area contributed by atoms with E-state index in [1.165, 1.54) is 5.57 Å². The Morgan fingerprint density at radius 1 is 1.41 bits per heavy atom. The van der Waals surface area contributed by atoms with E-state index in [9.17, 15) is 9.90 Å². The largest absolute Gasteiger partial charge is 0.389 e. The first-order valence-electron chi connectivity index (χ1n) is 10.4. The summed E-state index contributed by atoms with van der Waals surface area (Å²) in [6, 6.07) is 5.88. The molecule has 1 saturated heterocycles. The normalized spacial score (nSPS) is 25.3. The number of aliphatic hydroxyl groups is 1. The summed E-state index contributed by atoms with van der Waals surface area (Å²) in [5.41, 5.74) is 5.81. The van der Waals surface area contributed by atoms with Crippen LogP contribution in [0.15, 0.2) is 60.0 Å². The van der Waals surface area contributed by atoms with Gasteiger partial charge in [-0.3, -0.25) is 4.79 Å². The van der Waals surface area contributed by atoms with Crippen LogP contribution in [0.5, 0.6) is 0 Å². The molecule has 1 aliphatic carbocycles. The number of piperidine rings is 1. The zero-order chi connectivity index (χ0) is 20.5. The number of benzene rings is 1. The Balaban J connectivity index is 1.62. The summed E-state index contributed by atoms with van der Waals surface area (Å²) in [6.45, 7) is 8.80. The zero-order valence-electron chi connectivity index (χ0n) is 17.2. The van der Waals surface area contributed by atoms with Crippen LogP contribution >= 0.6 is 0 Å². The molecule has 5 heteroatoms. The van der Waals surface area contributed by atoms with Crippen LogP contribution in [0.25, 0.3) is 11.0 Å². The van der Waals surface area contributed by atoms with Crippen LogP contribution in [0, 0.1) is 5.92 Å². The fourth-order valence-corrected chi connectivity index (χ4v) is 4.59. The topological polar surface area (TPSA) is 69.2 Å². The lowest BCUT2D eigenvalue weighted by molar-refractivity contribution is 0.0502. The number of aromatic amines is 1. The summed E-state index contributed by atoms with van der Waals surface area (Å²) in [7, 11) is 0. The molecule has 1 aromatic carbocycles. The van der Waals surface area contributed by atoms with Gasteiger partial charge in [0.2, 0.25) is 0 Å². The maximum Gasteiger partial charge on any atom is 0.254 e. The van der Waals surface area contributed by atoms with E-state index in [0.29, 0.717) is 11.5 Å². The van der Waals surface area contributed by atoms with Crippen molar-refractivity contribution >= 4 is 16.9 Å². The summed E-state index contributed by atoms with van der Waals surface area (Å²) in [5.74, 6) is 0.404. The minimum absolute atomic E-state index is 0.0961. The summed E-state index contributed by atoms with van der Waals surface area (Å²) in [6.07, 6.45) is 9.23. The predicted molar refractivity (Wildman–Crippen MR) is 116 cm³/mol. The van der Waals surface area contributed by atoms with Crippen molar-refractivity contribution in [2.45, 2.75) is 51.7 Å². The molecular weight excluding hydrogens is 362 g/mol. The molecular formula is C24H29N3O2. The van der Waals surface area contributed by atoms with Crippen LogP contribution < -0.4 is 0 Å². The molecule has 3 unspecified atom stereocenters. The number of carbonyl (C=O) groups is 1. The minimum Gasteiger partial charge on any atom is -0.389 e. The van der Waals surface area contributed by atoms with Gasteiger partial charge in [0.05, 0.1) is 23.5 Å². The smallest absolute Gasteiger partial charge is 0.254 e. The average Bonchev–Trinajstić information content (AvgIpc) is 3.19. The van der Waals surface area contributed by atoms with Crippen molar-refractivity contribution in [2.24, 2.45) is 5.92 Å². The third-order valence-electron chi connectivity index (χ3n) is 6.44. The lowest BCUT2D eigenvalue weighted by atomic mass is 9.72. The molecule has 0 radical (unpaired) electrons. The quantitative estimate of drug-likeness (QED) is 0.815. The Labute approximate surface area is 171 Å². The van der Waals surface area contributed by atoms with E-state index >= 15 is 0 Å². The molecule has 2 aliphatic rings. The van der Waals surface area contributed by atoms with Crippen LogP contribution in [0.3, 0.4) is 0 Å². The van der Waals surface area contributed by atoms with Crippen molar-refractivity contribution in [3.8, 4) is 0 Å². The SMILES string of the molecule is C=C1CCC2C(CCCN2C(=O)c2ccc3nc[nH]c3c2)C1=CC=C(C)C(C)O. The van der Waals surface area contributed by atoms with Gasteiger partial charge in [-0.15, -0.1) is 0 Å². The standard InChI is InChI=1S/C24H29N3O2/c1-15(17(3)28)6-9-19-16(2)7-11-23-20(19)5-4-12-27(23)24(29)18-8-10-21-22(13-18)26-14-25-21/h6,8-10,13-14,17,20,23,28H,2,4-5,7,11-12H2,1,3H3,(H,25,26). The first-order valence-corrected chi connectivity index (χ1v) is 10.4. The summed E-state index contributed by atoms with van der Waals surface area (Å²) < 4.78 is 0. The highest BCUT2D eigenvalue weighted by Crippen LogP contribution is 2.41. The molecule has 0 bridgehead atoms. The molecule has 152 valence electrons. The first kappa shape index (κ1) is 19.6. The second-order valence-corrected chi connectivity index (χ2v) is 8.30. The molecule has 29 heavy (non-hydrogen) atoms. The Morgan fingerprint density at radius 2 is 2.24 bits per heavy atom. The highest BCUT2D eigenvalue weighted by molar-refractivity contribution is 5.97. The van der Waals surface area contributed by atoms with Crippen molar-refractivity contribution in [1.82, 2.24) is 14.9 Å². The molecule has 2 fully saturated rings. The van der Waals surface area contributed by atoms with Gasteiger partial charge in [0.1, 0.15) is 0 Å². The summed E-state index contributed by atoms with van der Waals surface area (Å²) in [4.78, 5) is 22.8. The van der Waals surface area contributed by atoms with Gasteiger partial charge in [-0.2, -0.15) is 0 Å². The Hall–Kier alpha value is -2.66. The molecule has 3 atom stereocenters. The number of allylic oxidation sites excluding steroid dienone is 3. The van der Waals surface area contributed by atoms with Gasteiger partial charge >= 0.3 is 0 Å². The average molecular weight is 392 g/mol. The van der Waals surface area contributed by atoms with Gasteiger partial charge in [0.15, 0.2) is 0 Å². The number of fused-ring (bicyclic) bond motifs is 2. The van der Waals surface area contributed by atoms with Crippen molar-refractivity contribution in [3.63, 3.8) is 0 Å². The maximum absolute atomic E-state index is 13.4. The van der Waals surface area contributed by atoms with Gasteiger partial charge in [-0.05, 0) is 68.9 Å². The molecule has 2 heterocycles. The molecule has 1 amide bonds. The lowest BCUT2D eigenvalue weighted by Crippen LogP contribution is -2.50. The number of aromatic nitrogens is 2. The van der Waals surface area contributed by atoms with E-state index in [4.69, 9.17) is 0 Å². The first-order chi connectivity index (χ1) is 14.0. The number of aliphatic hydroxyl groups excluding tert-OH is 1. The number of nitrogens with zero attached hydrogens (tertiary/aromatic N) is 2. The highest BCUT2D eigenvalue weighted by atomic mass is 16.3. The van der Waals surface area contributed by atoms with Crippen molar-refractivity contribution in [2.75, 3.05) is 6.54 Å². The van der Waals surface area contributed by atoms with E-state index in [-0.39, 0.29) is 11.9 Å². The van der Waals surface area contributed by atoms with E-state index in [0.717, 1.165) is 54.4 Å². The van der Waals surface area contributed by atoms with Gasteiger partial charge in [-0.25, -0.2) is 4.98 Å². The van der Waals surface area contributed by atoms with Crippen molar-refractivity contribution < 1.29 is 9.90 Å². The molecule has 5 nitrogen and oxygen atoms in total.